The van der Waals surface area contributed by atoms with Crippen molar-refractivity contribution in [3.8, 4) is 11.5 Å². The average Bonchev–Trinajstić information content (AvgIpc) is 2.55. The molecule has 0 aliphatic rings. The Bertz CT molecular complexity index is 741. The van der Waals surface area contributed by atoms with Crippen LogP contribution in [0.1, 0.15) is 11.1 Å². The third kappa shape index (κ3) is 4.50. The van der Waals surface area contributed by atoms with Crippen LogP contribution in [0.15, 0.2) is 42.5 Å². The Kier molecular flexibility index (Phi) is 5.66. The van der Waals surface area contributed by atoms with Gasteiger partial charge in [-0.05, 0) is 42.3 Å². The van der Waals surface area contributed by atoms with Crippen molar-refractivity contribution in [2.24, 2.45) is 0 Å². The Morgan fingerprint density at radius 3 is 2.57 bits per heavy atom. The van der Waals surface area contributed by atoms with E-state index >= 15 is 0 Å². The zero-order valence-electron chi connectivity index (χ0n) is 13.2. The third-order valence-corrected chi connectivity index (χ3v) is 3.69. The second kappa shape index (κ2) is 7.70. The lowest BCUT2D eigenvalue weighted by molar-refractivity contribution is -0.111. The number of methoxy groups -OCH3 is 2. The van der Waals surface area contributed by atoms with Crippen LogP contribution < -0.4 is 14.8 Å². The van der Waals surface area contributed by atoms with Crippen molar-refractivity contribution in [1.82, 2.24) is 0 Å². The molecule has 1 N–H and O–H groups in total. The van der Waals surface area contributed by atoms with E-state index in [-0.39, 0.29) is 5.91 Å². The maximum Gasteiger partial charge on any atom is 0.248 e. The molecule has 0 fully saturated rings. The van der Waals surface area contributed by atoms with Crippen molar-refractivity contribution in [3.05, 3.63) is 58.6 Å². The van der Waals surface area contributed by atoms with Gasteiger partial charge in [-0.3, -0.25) is 4.79 Å². The number of aryl methyl sites for hydroxylation is 1. The summed E-state index contributed by atoms with van der Waals surface area (Å²) in [5, 5.41) is 3.44. The van der Waals surface area contributed by atoms with Gasteiger partial charge < -0.3 is 14.8 Å². The van der Waals surface area contributed by atoms with Crippen LogP contribution in [0.2, 0.25) is 5.02 Å². The van der Waals surface area contributed by atoms with Gasteiger partial charge in [-0.15, -0.1) is 0 Å². The highest BCUT2D eigenvalue weighted by atomic mass is 35.5. The number of carbonyl (C=O) groups excluding carboxylic acids is 1. The van der Waals surface area contributed by atoms with Crippen molar-refractivity contribution in [2.45, 2.75) is 6.92 Å². The van der Waals surface area contributed by atoms with Crippen molar-refractivity contribution < 1.29 is 14.3 Å². The van der Waals surface area contributed by atoms with Crippen LogP contribution in [0.5, 0.6) is 11.5 Å². The highest BCUT2D eigenvalue weighted by molar-refractivity contribution is 6.31. The minimum Gasteiger partial charge on any atom is -0.497 e. The first-order valence-corrected chi connectivity index (χ1v) is 7.38. The molecule has 0 aliphatic carbocycles. The topological polar surface area (TPSA) is 47.6 Å². The Morgan fingerprint density at radius 2 is 1.91 bits per heavy atom. The van der Waals surface area contributed by atoms with Gasteiger partial charge in [-0.1, -0.05) is 23.7 Å². The third-order valence-electron chi connectivity index (χ3n) is 3.29. The summed E-state index contributed by atoms with van der Waals surface area (Å²) >= 11 is 6.07. The lowest BCUT2D eigenvalue weighted by Gasteiger charge is -2.10. The number of amides is 1. The zero-order valence-corrected chi connectivity index (χ0v) is 14.0. The molecule has 2 rings (SSSR count). The largest absolute Gasteiger partial charge is 0.497 e. The minimum absolute atomic E-state index is 0.270. The Balaban J connectivity index is 2.12. The van der Waals surface area contributed by atoms with Crippen molar-refractivity contribution >= 4 is 29.3 Å². The number of halogens is 1. The summed E-state index contributed by atoms with van der Waals surface area (Å²) in [5.74, 6) is 0.926. The molecule has 1 amide bonds. The number of rotatable bonds is 5. The number of carbonyl (C=O) groups is 1. The fraction of sp³-hybridized carbons (Fsp3) is 0.167. The molecule has 4 nitrogen and oxygen atoms in total. The molecule has 2 aromatic rings. The summed E-state index contributed by atoms with van der Waals surface area (Å²) in [5.41, 5.74) is 2.39. The molecule has 0 saturated heterocycles. The van der Waals surface area contributed by atoms with Crippen LogP contribution >= 0.6 is 11.6 Å². The molecule has 0 atom stereocenters. The van der Waals surface area contributed by atoms with Crippen LogP contribution in [-0.2, 0) is 4.79 Å². The summed E-state index contributed by atoms with van der Waals surface area (Å²) < 4.78 is 10.4. The summed E-state index contributed by atoms with van der Waals surface area (Å²) in [7, 11) is 3.11. The van der Waals surface area contributed by atoms with E-state index in [9.17, 15) is 4.79 Å². The smallest absolute Gasteiger partial charge is 0.248 e. The van der Waals surface area contributed by atoms with E-state index in [0.29, 0.717) is 22.2 Å². The van der Waals surface area contributed by atoms with Gasteiger partial charge in [0, 0.05) is 17.2 Å². The molecule has 0 spiro atoms. The maximum absolute atomic E-state index is 12.1. The molecule has 5 heteroatoms. The van der Waals surface area contributed by atoms with Crippen LogP contribution in [0.25, 0.3) is 6.08 Å². The first-order valence-electron chi connectivity index (χ1n) is 7.00. The van der Waals surface area contributed by atoms with Gasteiger partial charge in [-0.2, -0.15) is 0 Å². The van der Waals surface area contributed by atoms with Gasteiger partial charge in [0.25, 0.3) is 0 Å². The summed E-state index contributed by atoms with van der Waals surface area (Å²) in [6.45, 7) is 1.93. The highest BCUT2D eigenvalue weighted by Gasteiger charge is 2.07. The number of anilines is 1. The lowest BCUT2D eigenvalue weighted by Crippen LogP contribution is -2.09. The summed E-state index contributed by atoms with van der Waals surface area (Å²) in [6.07, 6.45) is 3.15. The van der Waals surface area contributed by atoms with Crippen LogP contribution in [0.3, 0.4) is 0 Å². The SMILES string of the molecule is COc1ccc(OC)c(NC(=O)/C=C/c2ccc(C)c(Cl)c2)c1. The van der Waals surface area contributed by atoms with Crippen molar-refractivity contribution in [2.75, 3.05) is 19.5 Å². The molecule has 0 unspecified atom stereocenters. The molecule has 0 saturated carbocycles. The number of ether oxygens (including phenoxy) is 2. The van der Waals surface area contributed by atoms with Crippen LogP contribution in [0.4, 0.5) is 5.69 Å². The Labute approximate surface area is 140 Å². The van der Waals surface area contributed by atoms with E-state index in [0.717, 1.165) is 11.1 Å². The average molecular weight is 332 g/mol. The zero-order chi connectivity index (χ0) is 16.8. The van der Waals surface area contributed by atoms with E-state index < -0.39 is 0 Å². The van der Waals surface area contributed by atoms with Crippen molar-refractivity contribution in [1.29, 1.82) is 0 Å². The summed E-state index contributed by atoms with van der Waals surface area (Å²) in [6, 6.07) is 10.8. The molecule has 0 bridgehead atoms. The minimum atomic E-state index is -0.270. The second-order valence-electron chi connectivity index (χ2n) is 4.90. The molecule has 23 heavy (non-hydrogen) atoms. The van der Waals surface area contributed by atoms with E-state index in [1.54, 1.807) is 38.5 Å². The Morgan fingerprint density at radius 1 is 1.13 bits per heavy atom. The molecule has 0 aliphatic heterocycles. The predicted octanol–water partition coefficient (Wildman–Crippen LogP) is 4.32. The van der Waals surface area contributed by atoms with Gasteiger partial charge in [0.2, 0.25) is 5.91 Å². The van der Waals surface area contributed by atoms with Crippen LogP contribution in [-0.4, -0.2) is 20.1 Å². The van der Waals surface area contributed by atoms with E-state index in [1.807, 2.05) is 25.1 Å². The van der Waals surface area contributed by atoms with E-state index in [2.05, 4.69) is 5.32 Å². The normalized spacial score (nSPS) is 10.6. The van der Waals surface area contributed by atoms with Gasteiger partial charge in [0.1, 0.15) is 11.5 Å². The molecular formula is C18H18ClNO3. The van der Waals surface area contributed by atoms with Crippen molar-refractivity contribution in [3.63, 3.8) is 0 Å². The van der Waals surface area contributed by atoms with Gasteiger partial charge >= 0.3 is 0 Å². The molecule has 2 aromatic carbocycles. The summed E-state index contributed by atoms with van der Waals surface area (Å²) in [4.78, 5) is 12.1. The maximum atomic E-state index is 12.1. The van der Waals surface area contributed by atoms with Gasteiger partial charge in [0.15, 0.2) is 0 Å². The van der Waals surface area contributed by atoms with Gasteiger partial charge in [-0.25, -0.2) is 0 Å². The van der Waals surface area contributed by atoms with E-state index in [1.165, 1.54) is 6.08 Å². The molecule has 120 valence electrons. The number of benzene rings is 2. The standard InChI is InChI=1S/C18H18ClNO3/c1-12-4-5-13(10-15(12)19)6-9-18(21)20-16-11-14(22-2)7-8-17(16)23-3/h4-11H,1-3H3,(H,20,21)/b9-6+. The molecule has 0 heterocycles. The molecular weight excluding hydrogens is 314 g/mol. The first kappa shape index (κ1) is 16.9. The number of hydrogen-bond donors (Lipinski definition) is 1. The number of hydrogen-bond acceptors (Lipinski definition) is 3. The second-order valence-corrected chi connectivity index (χ2v) is 5.30. The highest BCUT2D eigenvalue weighted by Crippen LogP contribution is 2.28. The lowest BCUT2D eigenvalue weighted by atomic mass is 10.1. The fourth-order valence-electron chi connectivity index (χ4n) is 1.97. The number of nitrogens with one attached hydrogen (secondary N) is 1. The fourth-order valence-corrected chi connectivity index (χ4v) is 2.16. The van der Waals surface area contributed by atoms with Crippen LogP contribution in [0, 0.1) is 6.92 Å². The molecule has 0 radical (unpaired) electrons. The Hall–Kier alpha value is -2.46. The van der Waals surface area contributed by atoms with E-state index in [4.69, 9.17) is 21.1 Å². The van der Waals surface area contributed by atoms with Gasteiger partial charge in [0.05, 0.1) is 19.9 Å². The first-order chi connectivity index (χ1) is 11.0. The predicted molar refractivity (Wildman–Crippen MR) is 93.4 cm³/mol. The molecule has 0 aromatic heterocycles. The monoisotopic (exact) mass is 331 g/mol. The quantitative estimate of drug-likeness (QED) is 0.830.